The van der Waals surface area contributed by atoms with Gasteiger partial charge in [0.1, 0.15) is 0 Å². The highest BCUT2D eigenvalue weighted by Gasteiger charge is 2.32. The van der Waals surface area contributed by atoms with Gasteiger partial charge in [0.25, 0.3) is 5.56 Å². The molecule has 0 bridgehead atoms. The Bertz CT molecular complexity index is 629. The van der Waals surface area contributed by atoms with Gasteiger partial charge in [0.2, 0.25) is 0 Å². The Morgan fingerprint density at radius 2 is 1.95 bits per heavy atom. The van der Waals surface area contributed by atoms with Gasteiger partial charge in [-0.05, 0) is 37.3 Å². The van der Waals surface area contributed by atoms with Crippen LogP contribution in [0.3, 0.4) is 0 Å². The van der Waals surface area contributed by atoms with Gasteiger partial charge in [-0.25, -0.2) is 0 Å². The number of aromatic nitrogens is 1. The average molecular weight is 268 g/mol. The fourth-order valence-electron chi connectivity index (χ4n) is 2.61. The van der Waals surface area contributed by atoms with Crippen LogP contribution in [0.25, 0.3) is 0 Å². The molecular formula is C17H20N2O. The van der Waals surface area contributed by atoms with E-state index in [1.807, 2.05) is 25.3 Å². The van der Waals surface area contributed by atoms with Crippen LogP contribution in [0.2, 0.25) is 0 Å². The monoisotopic (exact) mass is 268 g/mol. The van der Waals surface area contributed by atoms with E-state index in [9.17, 15) is 4.79 Å². The lowest BCUT2D eigenvalue weighted by Gasteiger charge is -2.20. The Balaban J connectivity index is 1.85. The summed E-state index contributed by atoms with van der Waals surface area (Å²) in [5.74, 6) is 0.708. The van der Waals surface area contributed by atoms with Crippen molar-refractivity contribution in [1.29, 1.82) is 0 Å². The van der Waals surface area contributed by atoms with Crippen LogP contribution < -0.4 is 10.9 Å². The maximum absolute atomic E-state index is 11.6. The van der Waals surface area contributed by atoms with Gasteiger partial charge in [-0.2, -0.15) is 0 Å². The molecule has 1 aromatic carbocycles. The molecule has 20 heavy (non-hydrogen) atoms. The van der Waals surface area contributed by atoms with E-state index in [0.29, 0.717) is 18.5 Å². The van der Waals surface area contributed by atoms with Crippen LogP contribution >= 0.6 is 0 Å². The van der Waals surface area contributed by atoms with Crippen LogP contribution in [0.5, 0.6) is 0 Å². The minimum absolute atomic E-state index is 0.0562. The number of pyridine rings is 1. The molecule has 1 fully saturated rings. The minimum atomic E-state index is 0.0562. The van der Waals surface area contributed by atoms with Gasteiger partial charge in [0, 0.05) is 18.8 Å². The maximum Gasteiger partial charge on any atom is 0.250 e. The topological polar surface area (TPSA) is 34.0 Å². The van der Waals surface area contributed by atoms with Crippen LogP contribution in [-0.2, 0) is 6.54 Å². The molecule has 1 unspecified atom stereocenters. The summed E-state index contributed by atoms with van der Waals surface area (Å²) in [6, 6.07) is 14.4. The average Bonchev–Trinajstić information content (AvgIpc) is 3.32. The fraction of sp³-hybridized carbons (Fsp3) is 0.353. The Morgan fingerprint density at radius 1 is 1.20 bits per heavy atom. The molecule has 1 aliphatic carbocycles. The molecule has 1 aromatic heterocycles. The van der Waals surface area contributed by atoms with Crippen LogP contribution in [0.4, 0.5) is 5.69 Å². The molecule has 1 aliphatic rings. The van der Waals surface area contributed by atoms with Crippen molar-refractivity contribution in [1.82, 2.24) is 4.57 Å². The Labute approximate surface area is 119 Å². The van der Waals surface area contributed by atoms with Crippen molar-refractivity contribution >= 4 is 5.69 Å². The first kappa shape index (κ1) is 13.0. The first-order valence-electron chi connectivity index (χ1n) is 7.30. The molecule has 0 saturated heterocycles. The number of benzene rings is 1. The molecule has 1 atom stereocenters. The molecule has 1 saturated carbocycles. The summed E-state index contributed by atoms with van der Waals surface area (Å²) in [5.41, 5.74) is 2.40. The van der Waals surface area contributed by atoms with Crippen molar-refractivity contribution < 1.29 is 0 Å². The van der Waals surface area contributed by atoms with Crippen molar-refractivity contribution in [3.63, 3.8) is 0 Å². The van der Waals surface area contributed by atoms with Crippen molar-refractivity contribution in [3.05, 3.63) is 64.6 Å². The van der Waals surface area contributed by atoms with Gasteiger partial charge in [0.05, 0.1) is 11.7 Å². The highest BCUT2D eigenvalue weighted by Crippen LogP contribution is 2.42. The van der Waals surface area contributed by atoms with Crippen molar-refractivity contribution in [3.8, 4) is 0 Å². The zero-order valence-electron chi connectivity index (χ0n) is 11.8. The third-order valence-electron chi connectivity index (χ3n) is 3.90. The molecule has 2 aromatic rings. The summed E-state index contributed by atoms with van der Waals surface area (Å²) in [4.78, 5) is 11.6. The van der Waals surface area contributed by atoms with E-state index in [4.69, 9.17) is 0 Å². The Morgan fingerprint density at radius 3 is 2.60 bits per heavy atom. The van der Waals surface area contributed by atoms with Crippen LogP contribution in [0.15, 0.2) is 53.5 Å². The Hall–Kier alpha value is -2.03. The summed E-state index contributed by atoms with van der Waals surface area (Å²) in [5, 5.41) is 3.60. The summed E-state index contributed by atoms with van der Waals surface area (Å²) in [6.45, 7) is 2.69. The second kappa shape index (κ2) is 5.53. The van der Waals surface area contributed by atoms with Crippen LogP contribution in [-0.4, -0.2) is 4.57 Å². The second-order valence-corrected chi connectivity index (χ2v) is 5.41. The highest BCUT2D eigenvalue weighted by atomic mass is 16.1. The van der Waals surface area contributed by atoms with Gasteiger partial charge in [-0.3, -0.25) is 4.79 Å². The van der Waals surface area contributed by atoms with Crippen LogP contribution in [0, 0.1) is 5.92 Å². The number of aryl methyl sites for hydroxylation is 1. The summed E-state index contributed by atoms with van der Waals surface area (Å²) in [6.07, 6.45) is 4.47. The largest absolute Gasteiger partial charge is 0.377 e. The molecule has 0 amide bonds. The van der Waals surface area contributed by atoms with Gasteiger partial charge >= 0.3 is 0 Å². The number of anilines is 1. The fourth-order valence-corrected chi connectivity index (χ4v) is 2.61. The third kappa shape index (κ3) is 2.77. The molecule has 3 nitrogen and oxygen atoms in total. The molecule has 0 spiro atoms. The first-order chi connectivity index (χ1) is 9.78. The van der Waals surface area contributed by atoms with E-state index < -0.39 is 0 Å². The van der Waals surface area contributed by atoms with Crippen molar-refractivity contribution in [2.75, 3.05) is 5.32 Å². The predicted octanol–water partition coefficient (Wildman–Crippen LogP) is 3.43. The van der Waals surface area contributed by atoms with Gasteiger partial charge in [-0.1, -0.05) is 30.3 Å². The lowest BCUT2D eigenvalue weighted by molar-refractivity contribution is 0.672. The van der Waals surface area contributed by atoms with Crippen molar-refractivity contribution in [2.24, 2.45) is 5.92 Å². The molecular weight excluding hydrogens is 248 g/mol. The number of nitrogens with zero attached hydrogens (tertiary/aromatic N) is 1. The van der Waals surface area contributed by atoms with Gasteiger partial charge in [0.15, 0.2) is 0 Å². The standard InChI is InChI=1S/C17H20N2O/c1-2-19-12-15(10-11-16(19)20)18-17(14-8-9-14)13-6-4-3-5-7-13/h3-7,10-12,14,17-18H,2,8-9H2,1H3. The van der Waals surface area contributed by atoms with E-state index in [1.54, 1.807) is 10.6 Å². The molecule has 3 heteroatoms. The zero-order valence-corrected chi connectivity index (χ0v) is 11.8. The summed E-state index contributed by atoms with van der Waals surface area (Å²) >= 11 is 0. The predicted molar refractivity (Wildman–Crippen MR) is 81.9 cm³/mol. The third-order valence-corrected chi connectivity index (χ3v) is 3.90. The number of nitrogens with one attached hydrogen (secondary N) is 1. The van der Waals surface area contributed by atoms with Crippen molar-refractivity contribution in [2.45, 2.75) is 32.4 Å². The summed E-state index contributed by atoms with van der Waals surface area (Å²) in [7, 11) is 0. The SMILES string of the molecule is CCn1cc(NC(c2ccccc2)C2CC2)ccc1=O. The number of rotatable bonds is 5. The van der Waals surface area contributed by atoms with E-state index in [0.717, 1.165) is 5.69 Å². The smallest absolute Gasteiger partial charge is 0.250 e. The molecule has 3 rings (SSSR count). The Kier molecular flexibility index (Phi) is 3.59. The lowest BCUT2D eigenvalue weighted by Crippen LogP contribution is -2.19. The molecule has 1 N–H and O–H groups in total. The minimum Gasteiger partial charge on any atom is -0.377 e. The second-order valence-electron chi connectivity index (χ2n) is 5.41. The first-order valence-corrected chi connectivity index (χ1v) is 7.30. The lowest BCUT2D eigenvalue weighted by atomic mass is 10.0. The normalized spacial score (nSPS) is 15.8. The molecule has 1 heterocycles. The summed E-state index contributed by atoms with van der Waals surface area (Å²) < 4.78 is 1.73. The van der Waals surface area contributed by atoms with Gasteiger partial charge in [-0.15, -0.1) is 0 Å². The number of hydrogen-bond donors (Lipinski definition) is 1. The van der Waals surface area contributed by atoms with E-state index in [1.165, 1.54) is 18.4 Å². The quantitative estimate of drug-likeness (QED) is 0.901. The van der Waals surface area contributed by atoms with Gasteiger partial charge < -0.3 is 9.88 Å². The zero-order chi connectivity index (χ0) is 13.9. The molecule has 0 radical (unpaired) electrons. The number of hydrogen-bond acceptors (Lipinski definition) is 2. The van der Waals surface area contributed by atoms with E-state index in [2.05, 4.69) is 29.6 Å². The van der Waals surface area contributed by atoms with E-state index in [-0.39, 0.29) is 5.56 Å². The van der Waals surface area contributed by atoms with E-state index >= 15 is 0 Å². The highest BCUT2D eigenvalue weighted by molar-refractivity contribution is 5.44. The molecule has 104 valence electrons. The van der Waals surface area contributed by atoms with Crippen LogP contribution in [0.1, 0.15) is 31.4 Å². The maximum atomic E-state index is 11.6. The molecule has 0 aliphatic heterocycles.